The summed E-state index contributed by atoms with van der Waals surface area (Å²) in [5.41, 5.74) is 1.29. The Kier molecular flexibility index (Phi) is 9.42. The second kappa shape index (κ2) is 12.5. The third-order valence-corrected chi connectivity index (χ3v) is 5.98. The lowest BCUT2D eigenvalue weighted by atomic mass is 10.0. The number of benzene rings is 2. The number of carbonyl (C=O) groups excluding carboxylic acids is 1. The standard InChI is InChI=1S/C27H39N3O2/c1-4-5-17-30(27(31)28-20-22(2)3)24-15-18-29(19-16-24)21-23-11-13-26(14-12-23)32-25-9-7-6-8-10-25/h6-14,22,24H,4-5,15-21H2,1-3H3,(H,28,31). The molecule has 2 amide bonds. The fourth-order valence-corrected chi connectivity index (χ4v) is 4.11. The molecule has 5 nitrogen and oxygen atoms in total. The smallest absolute Gasteiger partial charge is 0.317 e. The van der Waals surface area contributed by atoms with Gasteiger partial charge in [0.2, 0.25) is 0 Å². The van der Waals surface area contributed by atoms with E-state index >= 15 is 0 Å². The van der Waals surface area contributed by atoms with Gasteiger partial charge in [0, 0.05) is 38.8 Å². The fraction of sp³-hybridized carbons (Fsp3) is 0.519. The zero-order valence-corrected chi connectivity index (χ0v) is 19.9. The van der Waals surface area contributed by atoms with Crippen molar-refractivity contribution in [2.75, 3.05) is 26.2 Å². The van der Waals surface area contributed by atoms with Gasteiger partial charge in [0.15, 0.2) is 0 Å². The molecule has 0 atom stereocenters. The van der Waals surface area contributed by atoms with Gasteiger partial charge in [-0.15, -0.1) is 0 Å². The summed E-state index contributed by atoms with van der Waals surface area (Å²) >= 11 is 0. The topological polar surface area (TPSA) is 44.8 Å². The van der Waals surface area contributed by atoms with Crippen LogP contribution in [0.25, 0.3) is 0 Å². The number of para-hydroxylation sites is 1. The lowest BCUT2D eigenvalue weighted by Crippen LogP contribution is -2.51. The molecule has 1 saturated heterocycles. The number of hydrogen-bond acceptors (Lipinski definition) is 3. The minimum Gasteiger partial charge on any atom is -0.457 e. The van der Waals surface area contributed by atoms with Crippen molar-refractivity contribution in [1.82, 2.24) is 15.1 Å². The van der Waals surface area contributed by atoms with E-state index in [2.05, 4.69) is 48.0 Å². The van der Waals surface area contributed by atoms with Gasteiger partial charge < -0.3 is 15.0 Å². The van der Waals surface area contributed by atoms with Crippen LogP contribution in [-0.4, -0.2) is 48.1 Å². The molecule has 3 rings (SSSR count). The lowest BCUT2D eigenvalue weighted by molar-refractivity contribution is 0.116. The number of urea groups is 1. The predicted octanol–water partition coefficient (Wildman–Crippen LogP) is 5.91. The summed E-state index contributed by atoms with van der Waals surface area (Å²) in [5, 5.41) is 3.12. The summed E-state index contributed by atoms with van der Waals surface area (Å²) in [4.78, 5) is 17.4. The molecule has 32 heavy (non-hydrogen) atoms. The number of unbranched alkanes of at least 4 members (excludes halogenated alkanes) is 1. The van der Waals surface area contributed by atoms with Gasteiger partial charge in [-0.3, -0.25) is 4.90 Å². The Balaban J connectivity index is 1.49. The zero-order valence-electron chi connectivity index (χ0n) is 19.9. The Morgan fingerprint density at radius 2 is 1.72 bits per heavy atom. The van der Waals surface area contributed by atoms with Gasteiger partial charge in [-0.25, -0.2) is 4.79 Å². The number of carbonyl (C=O) groups is 1. The first-order valence-corrected chi connectivity index (χ1v) is 12.1. The number of rotatable bonds is 10. The molecule has 2 aromatic carbocycles. The Labute approximate surface area is 193 Å². The average Bonchev–Trinajstić information content (AvgIpc) is 2.81. The van der Waals surface area contributed by atoms with E-state index < -0.39 is 0 Å². The van der Waals surface area contributed by atoms with Gasteiger partial charge in [0.1, 0.15) is 11.5 Å². The van der Waals surface area contributed by atoms with Crippen molar-refractivity contribution in [3.8, 4) is 11.5 Å². The molecule has 0 aromatic heterocycles. The second-order valence-electron chi connectivity index (χ2n) is 9.19. The van der Waals surface area contributed by atoms with Crippen LogP contribution in [0.5, 0.6) is 11.5 Å². The highest BCUT2D eigenvalue weighted by Crippen LogP contribution is 2.23. The molecule has 1 aliphatic heterocycles. The molecule has 0 bridgehead atoms. The van der Waals surface area contributed by atoms with Crippen LogP contribution >= 0.6 is 0 Å². The van der Waals surface area contributed by atoms with Gasteiger partial charge in [-0.2, -0.15) is 0 Å². The fourth-order valence-electron chi connectivity index (χ4n) is 4.11. The summed E-state index contributed by atoms with van der Waals surface area (Å²) in [5.74, 6) is 2.18. The van der Waals surface area contributed by atoms with Crippen LogP contribution in [0, 0.1) is 5.92 Å². The van der Waals surface area contributed by atoms with Crippen LogP contribution in [0.3, 0.4) is 0 Å². The first-order chi connectivity index (χ1) is 15.5. The largest absolute Gasteiger partial charge is 0.457 e. The molecule has 1 N–H and O–H groups in total. The molecule has 0 unspecified atom stereocenters. The normalized spacial score (nSPS) is 15.0. The molecule has 1 aliphatic rings. The van der Waals surface area contributed by atoms with Crippen LogP contribution in [-0.2, 0) is 6.54 Å². The van der Waals surface area contributed by atoms with Crippen LogP contribution in [0.1, 0.15) is 52.0 Å². The zero-order chi connectivity index (χ0) is 22.8. The quantitative estimate of drug-likeness (QED) is 0.502. The number of piperidine rings is 1. The van der Waals surface area contributed by atoms with Crippen LogP contribution in [0.4, 0.5) is 4.79 Å². The van der Waals surface area contributed by atoms with E-state index in [9.17, 15) is 4.79 Å². The monoisotopic (exact) mass is 437 g/mol. The highest BCUT2D eigenvalue weighted by molar-refractivity contribution is 5.74. The first kappa shape index (κ1) is 24.1. The molecule has 0 saturated carbocycles. The number of likely N-dealkylation sites (tertiary alicyclic amines) is 1. The van der Waals surface area contributed by atoms with Crippen molar-refractivity contribution in [2.24, 2.45) is 5.92 Å². The Bertz CT molecular complexity index is 799. The summed E-state index contributed by atoms with van der Waals surface area (Å²) in [7, 11) is 0. The number of amides is 2. The molecule has 0 aliphatic carbocycles. The number of hydrogen-bond donors (Lipinski definition) is 1. The summed E-state index contributed by atoms with van der Waals surface area (Å²) in [6, 6.07) is 18.7. The van der Waals surface area contributed by atoms with Crippen molar-refractivity contribution in [3.63, 3.8) is 0 Å². The van der Waals surface area contributed by atoms with Crippen molar-refractivity contribution in [1.29, 1.82) is 0 Å². The van der Waals surface area contributed by atoms with E-state index in [0.717, 1.165) is 69.9 Å². The van der Waals surface area contributed by atoms with Crippen LogP contribution in [0.15, 0.2) is 54.6 Å². The van der Waals surface area contributed by atoms with E-state index in [1.807, 2.05) is 42.5 Å². The molecule has 5 heteroatoms. The number of nitrogens with one attached hydrogen (secondary N) is 1. The maximum Gasteiger partial charge on any atom is 0.317 e. The molecular weight excluding hydrogens is 398 g/mol. The Morgan fingerprint density at radius 1 is 1.06 bits per heavy atom. The highest BCUT2D eigenvalue weighted by atomic mass is 16.5. The Hall–Kier alpha value is -2.53. The van der Waals surface area contributed by atoms with E-state index in [-0.39, 0.29) is 6.03 Å². The van der Waals surface area contributed by atoms with Gasteiger partial charge >= 0.3 is 6.03 Å². The van der Waals surface area contributed by atoms with Crippen molar-refractivity contribution >= 4 is 6.03 Å². The van der Waals surface area contributed by atoms with Gasteiger partial charge in [-0.1, -0.05) is 57.5 Å². The molecule has 1 fully saturated rings. The molecule has 0 spiro atoms. The van der Waals surface area contributed by atoms with Crippen molar-refractivity contribution < 1.29 is 9.53 Å². The molecular formula is C27H39N3O2. The minimum absolute atomic E-state index is 0.111. The van der Waals surface area contributed by atoms with E-state index in [0.29, 0.717) is 12.0 Å². The van der Waals surface area contributed by atoms with Crippen molar-refractivity contribution in [2.45, 2.75) is 59.0 Å². The maximum absolute atomic E-state index is 12.8. The first-order valence-electron chi connectivity index (χ1n) is 12.1. The van der Waals surface area contributed by atoms with E-state index in [1.165, 1.54) is 5.56 Å². The summed E-state index contributed by atoms with van der Waals surface area (Å²) in [6.45, 7) is 11.0. The van der Waals surface area contributed by atoms with E-state index in [4.69, 9.17) is 4.74 Å². The SMILES string of the molecule is CCCCN(C(=O)NCC(C)C)C1CCN(Cc2ccc(Oc3ccccc3)cc2)CC1. The predicted molar refractivity (Wildman–Crippen MR) is 131 cm³/mol. The van der Waals surface area contributed by atoms with Crippen LogP contribution < -0.4 is 10.1 Å². The molecule has 0 radical (unpaired) electrons. The van der Waals surface area contributed by atoms with Crippen molar-refractivity contribution in [3.05, 3.63) is 60.2 Å². The third-order valence-electron chi connectivity index (χ3n) is 5.98. The molecule has 1 heterocycles. The number of nitrogens with zero attached hydrogens (tertiary/aromatic N) is 2. The second-order valence-corrected chi connectivity index (χ2v) is 9.19. The Morgan fingerprint density at radius 3 is 2.34 bits per heavy atom. The average molecular weight is 438 g/mol. The minimum atomic E-state index is 0.111. The van der Waals surface area contributed by atoms with E-state index in [1.54, 1.807) is 0 Å². The van der Waals surface area contributed by atoms with Gasteiger partial charge in [0.05, 0.1) is 0 Å². The van der Waals surface area contributed by atoms with Gasteiger partial charge in [-0.05, 0) is 55.0 Å². The summed E-state index contributed by atoms with van der Waals surface area (Å²) in [6.07, 6.45) is 4.24. The summed E-state index contributed by atoms with van der Waals surface area (Å²) < 4.78 is 5.90. The molecule has 2 aromatic rings. The van der Waals surface area contributed by atoms with Crippen LogP contribution in [0.2, 0.25) is 0 Å². The number of ether oxygens (including phenoxy) is 1. The van der Waals surface area contributed by atoms with Gasteiger partial charge in [0.25, 0.3) is 0 Å². The highest BCUT2D eigenvalue weighted by Gasteiger charge is 2.27. The third kappa shape index (κ3) is 7.56. The lowest BCUT2D eigenvalue weighted by Gasteiger charge is -2.38. The maximum atomic E-state index is 12.8. The molecule has 174 valence electrons.